The van der Waals surface area contributed by atoms with Crippen molar-refractivity contribution in [3.05, 3.63) is 58.9 Å². The Morgan fingerprint density at radius 1 is 1.00 bits per heavy atom. The molecule has 0 radical (unpaired) electrons. The van der Waals surface area contributed by atoms with Gasteiger partial charge in [0.1, 0.15) is 0 Å². The molecule has 2 atom stereocenters. The molecule has 1 fully saturated rings. The van der Waals surface area contributed by atoms with Crippen molar-refractivity contribution in [1.82, 2.24) is 28.4 Å². The van der Waals surface area contributed by atoms with E-state index in [0.29, 0.717) is 13.1 Å². The van der Waals surface area contributed by atoms with Crippen LogP contribution in [0.25, 0.3) is 33.1 Å². The number of nitrogens with zero attached hydrogens (tertiary/aromatic N) is 7. The monoisotopic (exact) mass is 475 g/mol. The predicted molar refractivity (Wildman–Crippen MR) is 134 cm³/mol. The Bertz CT molecular complexity index is 1530. The number of benzene rings is 1. The molecule has 2 aliphatic heterocycles. The predicted octanol–water partition coefficient (Wildman–Crippen LogP) is 2.12. The van der Waals surface area contributed by atoms with Crippen LogP contribution in [0.4, 0.5) is 0 Å². The van der Waals surface area contributed by atoms with Crippen molar-refractivity contribution in [3.8, 4) is 11.1 Å². The lowest BCUT2D eigenvalue weighted by atomic mass is 10.0. The van der Waals surface area contributed by atoms with Crippen LogP contribution >= 0.6 is 0 Å². The summed E-state index contributed by atoms with van der Waals surface area (Å²) in [4.78, 5) is 22.5. The Morgan fingerprint density at radius 3 is 2.47 bits per heavy atom. The average molecular weight is 476 g/mol. The standard InChI is InChI=1S/C24H25N7O2S/c1-28-12-17(10-27-28)20-6-5-16(9-25-20)15-4-7-21-19(8-15)23-22(11-26-21)29(2)24(32)31(23)18-13-30(14-18)34(3)33/h4-11,17-18H,12-14H2,1-3H3. The Labute approximate surface area is 198 Å². The number of aromatic nitrogens is 4. The van der Waals surface area contributed by atoms with Crippen LogP contribution in [0.1, 0.15) is 17.7 Å². The molecule has 10 heteroatoms. The van der Waals surface area contributed by atoms with Gasteiger partial charge in [-0.3, -0.25) is 24.1 Å². The summed E-state index contributed by atoms with van der Waals surface area (Å²) in [6.07, 6.45) is 7.27. The topological polar surface area (TPSA) is 88.6 Å². The summed E-state index contributed by atoms with van der Waals surface area (Å²) in [6, 6.07) is 10.3. The smallest absolute Gasteiger partial charge is 0.299 e. The second-order valence-electron chi connectivity index (χ2n) is 9.04. The maximum atomic E-state index is 13.2. The van der Waals surface area contributed by atoms with E-state index >= 15 is 0 Å². The highest BCUT2D eigenvalue weighted by Crippen LogP contribution is 2.32. The number of rotatable bonds is 4. The minimum atomic E-state index is -1.03. The molecule has 1 aromatic carbocycles. The summed E-state index contributed by atoms with van der Waals surface area (Å²) in [6.45, 7) is 2.02. The van der Waals surface area contributed by atoms with Crippen LogP contribution in [0.5, 0.6) is 0 Å². The highest BCUT2D eigenvalue weighted by molar-refractivity contribution is 7.81. The zero-order chi connectivity index (χ0) is 23.6. The number of imidazole rings is 1. The van der Waals surface area contributed by atoms with Gasteiger partial charge in [-0.2, -0.15) is 5.10 Å². The van der Waals surface area contributed by atoms with E-state index in [1.165, 1.54) is 0 Å². The van der Waals surface area contributed by atoms with Gasteiger partial charge in [0.2, 0.25) is 0 Å². The summed E-state index contributed by atoms with van der Waals surface area (Å²) in [5, 5.41) is 7.15. The third kappa shape index (κ3) is 3.28. The second-order valence-corrected chi connectivity index (χ2v) is 10.4. The highest BCUT2D eigenvalue weighted by atomic mass is 32.2. The normalized spacial score (nSPS) is 19.9. The summed E-state index contributed by atoms with van der Waals surface area (Å²) >= 11 is 0. The van der Waals surface area contributed by atoms with E-state index in [4.69, 9.17) is 4.98 Å². The van der Waals surface area contributed by atoms with E-state index in [0.717, 1.165) is 45.3 Å². The third-order valence-corrected chi connectivity index (χ3v) is 7.90. The maximum Gasteiger partial charge on any atom is 0.329 e. The molecule has 5 heterocycles. The quantitative estimate of drug-likeness (QED) is 0.451. The number of aryl methyl sites for hydroxylation is 1. The van der Waals surface area contributed by atoms with Crippen LogP contribution < -0.4 is 5.69 Å². The summed E-state index contributed by atoms with van der Waals surface area (Å²) < 4.78 is 17.2. The van der Waals surface area contributed by atoms with Crippen LogP contribution in [0.3, 0.4) is 0 Å². The molecule has 0 aliphatic carbocycles. The molecule has 0 bridgehead atoms. The molecular formula is C24H25N7O2S. The first-order valence-electron chi connectivity index (χ1n) is 11.2. The van der Waals surface area contributed by atoms with Crippen molar-refractivity contribution in [3.63, 3.8) is 0 Å². The number of fused-ring (bicyclic) bond motifs is 3. The van der Waals surface area contributed by atoms with E-state index < -0.39 is 11.0 Å². The highest BCUT2D eigenvalue weighted by Gasteiger charge is 2.34. The van der Waals surface area contributed by atoms with E-state index in [-0.39, 0.29) is 17.6 Å². The van der Waals surface area contributed by atoms with Crippen LogP contribution in [0.15, 0.2) is 52.6 Å². The molecule has 2 aliphatic rings. The van der Waals surface area contributed by atoms with E-state index in [2.05, 4.69) is 28.3 Å². The van der Waals surface area contributed by atoms with Gasteiger partial charge >= 0.3 is 5.69 Å². The van der Waals surface area contributed by atoms with Crippen LogP contribution in [0.2, 0.25) is 0 Å². The lowest BCUT2D eigenvalue weighted by molar-refractivity contribution is 0.215. The first kappa shape index (κ1) is 21.2. The molecule has 174 valence electrons. The van der Waals surface area contributed by atoms with Crippen molar-refractivity contribution in [2.75, 3.05) is 32.9 Å². The van der Waals surface area contributed by atoms with Gasteiger partial charge in [0.25, 0.3) is 0 Å². The molecule has 34 heavy (non-hydrogen) atoms. The van der Waals surface area contributed by atoms with Crippen molar-refractivity contribution < 1.29 is 4.21 Å². The van der Waals surface area contributed by atoms with Crippen molar-refractivity contribution in [1.29, 1.82) is 0 Å². The first-order chi connectivity index (χ1) is 16.4. The summed E-state index contributed by atoms with van der Waals surface area (Å²) in [5.41, 5.74) is 5.46. The average Bonchev–Trinajstić information content (AvgIpc) is 3.35. The molecule has 6 rings (SSSR count). The molecular weight excluding hydrogens is 450 g/mol. The van der Waals surface area contributed by atoms with Gasteiger partial charge in [-0.25, -0.2) is 13.3 Å². The van der Waals surface area contributed by atoms with E-state index in [9.17, 15) is 9.00 Å². The van der Waals surface area contributed by atoms with Crippen LogP contribution in [-0.2, 0) is 18.0 Å². The lowest BCUT2D eigenvalue weighted by Gasteiger charge is -2.37. The number of hydrogen-bond acceptors (Lipinski definition) is 6. The van der Waals surface area contributed by atoms with Gasteiger partial charge in [-0.1, -0.05) is 12.1 Å². The number of pyridine rings is 2. The van der Waals surface area contributed by atoms with E-state index in [1.54, 1.807) is 24.1 Å². The summed E-state index contributed by atoms with van der Waals surface area (Å²) in [5.74, 6) is 0.206. The zero-order valence-electron chi connectivity index (χ0n) is 19.3. The van der Waals surface area contributed by atoms with Crippen molar-refractivity contribution in [2.24, 2.45) is 12.1 Å². The Kier molecular flexibility index (Phi) is 4.89. The fourth-order valence-corrected chi connectivity index (χ4v) is 5.64. The Morgan fingerprint density at radius 2 is 1.79 bits per heavy atom. The number of likely N-dealkylation sites (N-methyl/N-ethyl adjacent to an activating group) is 1. The van der Waals surface area contributed by atoms with Gasteiger partial charge in [-0.05, 0) is 23.8 Å². The Balaban J connectivity index is 1.44. The molecule has 0 saturated carbocycles. The molecule has 0 amide bonds. The number of hydrazone groups is 1. The first-order valence-corrected chi connectivity index (χ1v) is 12.7. The Hall–Kier alpha value is -3.37. The zero-order valence-corrected chi connectivity index (χ0v) is 20.1. The molecule has 4 aromatic rings. The maximum absolute atomic E-state index is 13.2. The van der Waals surface area contributed by atoms with Gasteiger partial charge in [0.05, 0.1) is 51.4 Å². The largest absolute Gasteiger partial charge is 0.329 e. The molecule has 9 nitrogen and oxygen atoms in total. The third-order valence-electron chi connectivity index (χ3n) is 6.88. The summed E-state index contributed by atoms with van der Waals surface area (Å²) in [7, 11) is 2.70. The second kappa shape index (κ2) is 7.85. The molecule has 1 saturated heterocycles. The molecule has 0 spiro atoms. The van der Waals surface area contributed by atoms with E-state index in [1.807, 2.05) is 45.5 Å². The molecule has 2 unspecified atom stereocenters. The van der Waals surface area contributed by atoms with Gasteiger partial charge < -0.3 is 0 Å². The minimum absolute atomic E-state index is 0.0125. The SMILES string of the molecule is CN1CC(c2ccc(-c3ccc4ncc5c(c4c3)n(C3CN(S(C)=O)C3)c(=O)n5C)cn2)C=N1. The van der Waals surface area contributed by atoms with Crippen LogP contribution in [-0.4, -0.2) is 71.8 Å². The number of hydrogen-bond donors (Lipinski definition) is 0. The van der Waals surface area contributed by atoms with Crippen LogP contribution in [0, 0.1) is 0 Å². The molecule has 3 aromatic heterocycles. The lowest BCUT2D eigenvalue weighted by Crippen LogP contribution is -2.50. The van der Waals surface area contributed by atoms with Gasteiger partial charge in [-0.15, -0.1) is 0 Å². The fourth-order valence-electron chi connectivity index (χ4n) is 4.87. The fraction of sp³-hybridized carbons (Fsp3) is 0.333. The van der Waals surface area contributed by atoms with Crippen molar-refractivity contribution >= 4 is 39.1 Å². The van der Waals surface area contributed by atoms with Gasteiger partial charge in [0.15, 0.2) is 0 Å². The van der Waals surface area contributed by atoms with Gasteiger partial charge in [0, 0.05) is 63.3 Å². The van der Waals surface area contributed by atoms with Crippen molar-refractivity contribution in [2.45, 2.75) is 12.0 Å². The molecule has 0 N–H and O–H groups in total. The minimum Gasteiger partial charge on any atom is -0.299 e.